The van der Waals surface area contributed by atoms with Crippen LogP contribution in [0.15, 0.2) is 30.3 Å². The average molecular weight is 354 g/mol. The monoisotopic (exact) mass is 354 g/mol. The second kappa shape index (κ2) is 7.38. The molecule has 0 saturated heterocycles. The van der Waals surface area contributed by atoms with Gasteiger partial charge in [0.2, 0.25) is 5.91 Å². The van der Waals surface area contributed by atoms with Crippen molar-refractivity contribution in [3.63, 3.8) is 0 Å². The molecule has 2 aromatic rings. The van der Waals surface area contributed by atoms with Crippen LogP contribution < -0.4 is 16.0 Å². The number of carbonyl (C=O) groups is 2. The summed E-state index contributed by atoms with van der Waals surface area (Å²) in [7, 11) is 3.90. The van der Waals surface area contributed by atoms with Gasteiger partial charge in [-0.25, -0.2) is 14.8 Å². The summed E-state index contributed by atoms with van der Waals surface area (Å²) < 4.78 is 0. The maximum Gasteiger partial charge on any atom is 0.312 e. The van der Waals surface area contributed by atoms with Gasteiger partial charge in [0.1, 0.15) is 5.82 Å². The SMILES string of the molecule is CN(C)c1nc(-c2ccccc2)nc2c1CCN(C(=O)CNC(N)=O)C2. The molecule has 0 unspecified atom stereocenters. The molecule has 1 aromatic carbocycles. The molecule has 3 rings (SSSR count). The molecule has 0 radical (unpaired) electrons. The second-order valence-corrected chi connectivity index (χ2v) is 6.34. The number of nitrogens with one attached hydrogen (secondary N) is 1. The summed E-state index contributed by atoms with van der Waals surface area (Å²) >= 11 is 0. The van der Waals surface area contributed by atoms with E-state index in [9.17, 15) is 9.59 Å². The number of fused-ring (bicyclic) bond motifs is 1. The van der Waals surface area contributed by atoms with Gasteiger partial charge in [0.15, 0.2) is 5.82 Å². The minimum absolute atomic E-state index is 0.109. The summed E-state index contributed by atoms with van der Waals surface area (Å²) in [6.07, 6.45) is 0.667. The number of urea groups is 1. The highest BCUT2D eigenvalue weighted by atomic mass is 16.2. The molecule has 136 valence electrons. The van der Waals surface area contributed by atoms with Crippen LogP contribution in [0.5, 0.6) is 0 Å². The summed E-state index contributed by atoms with van der Waals surface area (Å²) in [5.74, 6) is 1.33. The van der Waals surface area contributed by atoms with Crippen LogP contribution in [-0.2, 0) is 17.8 Å². The second-order valence-electron chi connectivity index (χ2n) is 6.34. The Bertz CT molecular complexity index is 822. The van der Waals surface area contributed by atoms with Gasteiger partial charge in [0, 0.05) is 31.8 Å². The van der Waals surface area contributed by atoms with Crippen molar-refractivity contribution in [2.75, 3.05) is 32.1 Å². The Morgan fingerprint density at radius 1 is 1.23 bits per heavy atom. The average Bonchev–Trinajstić information content (AvgIpc) is 2.65. The van der Waals surface area contributed by atoms with Crippen molar-refractivity contribution in [2.24, 2.45) is 5.73 Å². The number of nitrogens with two attached hydrogens (primary N) is 1. The number of benzene rings is 1. The molecular weight excluding hydrogens is 332 g/mol. The van der Waals surface area contributed by atoms with Crippen molar-refractivity contribution in [1.82, 2.24) is 20.2 Å². The zero-order chi connectivity index (χ0) is 18.7. The van der Waals surface area contributed by atoms with Gasteiger partial charge < -0.3 is 20.9 Å². The minimum Gasteiger partial charge on any atom is -0.362 e. The van der Waals surface area contributed by atoms with E-state index >= 15 is 0 Å². The molecule has 0 atom stereocenters. The molecular formula is C18H22N6O2. The molecule has 3 amide bonds. The highest BCUT2D eigenvalue weighted by molar-refractivity contribution is 5.83. The quantitative estimate of drug-likeness (QED) is 0.844. The predicted octanol–water partition coefficient (Wildman–Crippen LogP) is 0.763. The van der Waals surface area contributed by atoms with Gasteiger partial charge in [0.05, 0.1) is 18.8 Å². The first-order valence-electron chi connectivity index (χ1n) is 8.39. The van der Waals surface area contributed by atoms with Crippen molar-refractivity contribution in [2.45, 2.75) is 13.0 Å². The Morgan fingerprint density at radius 2 is 1.96 bits per heavy atom. The maximum absolute atomic E-state index is 12.3. The van der Waals surface area contributed by atoms with Crippen LogP contribution in [0.3, 0.4) is 0 Å². The van der Waals surface area contributed by atoms with Gasteiger partial charge in [-0.1, -0.05) is 30.3 Å². The molecule has 0 aliphatic carbocycles. The van der Waals surface area contributed by atoms with Crippen molar-refractivity contribution in [1.29, 1.82) is 0 Å². The summed E-state index contributed by atoms with van der Waals surface area (Å²) in [5.41, 5.74) is 7.86. The van der Waals surface area contributed by atoms with E-state index in [1.165, 1.54) is 0 Å². The number of aromatic nitrogens is 2. The lowest BCUT2D eigenvalue weighted by molar-refractivity contribution is -0.131. The van der Waals surface area contributed by atoms with Crippen LogP contribution in [0.4, 0.5) is 10.6 Å². The minimum atomic E-state index is -0.709. The number of rotatable bonds is 4. The van der Waals surface area contributed by atoms with Gasteiger partial charge in [-0.2, -0.15) is 0 Å². The largest absolute Gasteiger partial charge is 0.362 e. The fourth-order valence-corrected chi connectivity index (χ4v) is 2.98. The fourth-order valence-electron chi connectivity index (χ4n) is 2.98. The van der Waals surface area contributed by atoms with Crippen LogP contribution in [0.25, 0.3) is 11.4 Å². The van der Waals surface area contributed by atoms with E-state index in [4.69, 9.17) is 15.7 Å². The van der Waals surface area contributed by atoms with Gasteiger partial charge in [-0.3, -0.25) is 4.79 Å². The number of hydrogen-bond donors (Lipinski definition) is 2. The van der Waals surface area contributed by atoms with E-state index in [0.717, 1.165) is 22.6 Å². The lowest BCUT2D eigenvalue weighted by atomic mass is 10.0. The topological polar surface area (TPSA) is 104 Å². The molecule has 1 aliphatic rings. The van der Waals surface area contributed by atoms with Crippen LogP contribution in [0.2, 0.25) is 0 Å². The third-order valence-corrected chi connectivity index (χ3v) is 4.27. The Morgan fingerprint density at radius 3 is 2.62 bits per heavy atom. The number of primary amides is 1. The highest BCUT2D eigenvalue weighted by Crippen LogP contribution is 2.28. The van der Waals surface area contributed by atoms with Crippen molar-refractivity contribution < 1.29 is 9.59 Å². The molecule has 0 fully saturated rings. The maximum atomic E-state index is 12.3. The zero-order valence-electron chi connectivity index (χ0n) is 14.9. The summed E-state index contributed by atoms with van der Waals surface area (Å²) in [6.45, 7) is 0.834. The smallest absolute Gasteiger partial charge is 0.312 e. The molecule has 2 heterocycles. The number of anilines is 1. The summed E-state index contributed by atoms with van der Waals surface area (Å²) in [4.78, 5) is 36.2. The fraction of sp³-hybridized carbons (Fsp3) is 0.333. The first kappa shape index (κ1) is 17.7. The van der Waals surface area contributed by atoms with E-state index in [-0.39, 0.29) is 12.5 Å². The Balaban J connectivity index is 1.92. The molecule has 0 saturated carbocycles. The van der Waals surface area contributed by atoms with Gasteiger partial charge >= 0.3 is 6.03 Å². The molecule has 0 spiro atoms. The van der Waals surface area contributed by atoms with E-state index in [1.807, 2.05) is 49.3 Å². The normalized spacial score (nSPS) is 13.1. The molecule has 0 bridgehead atoms. The van der Waals surface area contributed by atoms with E-state index < -0.39 is 6.03 Å². The summed E-state index contributed by atoms with van der Waals surface area (Å²) in [5, 5.41) is 2.34. The Labute approximate surface area is 152 Å². The van der Waals surface area contributed by atoms with Gasteiger partial charge in [-0.05, 0) is 6.42 Å². The first-order chi connectivity index (χ1) is 12.5. The molecule has 26 heavy (non-hydrogen) atoms. The van der Waals surface area contributed by atoms with Gasteiger partial charge in [0.25, 0.3) is 0 Å². The zero-order valence-corrected chi connectivity index (χ0v) is 14.9. The highest BCUT2D eigenvalue weighted by Gasteiger charge is 2.26. The number of nitrogens with zero attached hydrogens (tertiary/aromatic N) is 4. The Kier molecular flexibility index (Phi) is 5.01. The van der Waals surface area contributed by atoms with E-state index in [2.05, 4.69) is 5.32 Å². The van der Waals surface area contributed by atoms with Crippen LogP contribution >= 0.6 is 0 Å². The van der Waals surface area contributed by atoms with E-state index in [1.54, 1.807) is 4.90 Å². The standard InChI is InChI=1S/C18H22N6O2/c1-23(2)17-13-8-9-24(15(25)10-20-18(19)26)11-14(13)21-16(22-17)12-6-4-3-5-7-12/h3-7H,8-11H2,1-2H3,(H3,19,20,26). The number of carbonyl (C=O) groups excluding carboxylic acids is 2. The summed E-state index contributed by atoms with van der Waals surface area (Å²) in [6, 6.07) is 9.05. The molecule has 1 aliphatic heterocycles. The van der Waals surface area contributed by atoms with Crippen LogP contribution in [0.1, 0.15) is 11.3 Å². The van der Waals surface area contributed by atoms with Crippen molar-refractivity contribution in [3.8, 4) is 11.4 Å². The van der Waals surface area contributed by atoms with Crippen LogP contribution in [-0.4, -0.2) is 54.0 Å². The molecule has 3 N–H and O–H groups in total. The van der Waals surface area contributed by atoms with Gasteiger partial charge in [-0.15, -0.1) is 0 Å². The Hall–Kier alpha value is -3.16. The van der Waals surface area contributed by atoms with Crippen molar-refractivity contribution in [3.05, 3.63) is 41.6 Å². The first-order valence-corrected chi connectivity index (χ1v) is 8.39. The van der Waals surface area contributed by atoms with Crippen LogP contribution in [0, 0.1) is 0 Å². The third kappa shape index (κ3) is 3.74. The predicted molar refractivity (Wildman–Crippen MR) is 98.5 cm³/mol. The molecule has 8 heteroatoms. The number of hydrogen-bond acceptors (Lipinski definition) is 5. The number of amides is 3. The van der Waals surface area contributed by atoms with Crippen molar-refractivity contribution >= 4 is 17.8 Å². The lowest BCUT2D eigenvalue weighted by Crippen LogP contribution is -2.44. The van der Waals surface area contributed by atoms with E-state index in [0.29, 0.717) is 25.3 Å². The molecule has 8 nitrogen and oxygen atoms in total. The third-order valence-electron chi connectivity index (χ3n) is 4.27. The molecule has 1 aromatic heterocycles. The lowest BCUT2D eigenvalue weighted by Gasteiger charge is -2.30.